The van der Waals surface area contributed by atoms with Crippen molar-refractivity contribution in [3.05, 3.63) is 41.3 Å². The Bertz CT molecular complexity index is 573. The lowest BCUT2D eigenvalue weighted by Gasteiger charge is -2.10. The van der Waals surface area contributed by atoms with Crippen LogP contribution < -0.4 is 4.74 Å². The van der Waals surface area contributed by atoms with Crippen LogP contribution >= 0.6 is 11.6 Å². The molecule has 0 aliphatic rings. The quantitative estimate of drug-likeness (QED) is 0.628. The number of halogens is 1. The molecule has 4 nitrogen and oxygen atoms in total. The second kappa shape index (κ2) is 5.60. The Morgan fingerprint density at radius 1 is 1.33 bits per heavy atom. The van der Waals surface area contributed by atoms with Gasteiger partial charge in [0.05, 0.1) is 17.9 Å². The predicted molar refractivity (Wildman–Crippen MR) is 69.0 cm³/mol. The molecule has 0 saturated carbocycles. The molecule has 2 rings (SSSR count). The van der Waals surface area contributed by atoms with Crippen molar-refractivity contribution in [2.75, 3.05) is 6.61 Å². The first-order valence-electron chi connectivity index (χ1n) is 5.45. The normalized spacial score (nSPS) is 10.1. The van der Waals surface area contributed by atoms with E-state index in [1.807, 2.05) is 31.2 Å². The number of aldehydes is 1. The molecule has 0 saturated heterocycles. The van der Waals surface area contributed by atoms with Crippen LogP contribution in [0.2, 0.25) is 5.15 Å². The van der Waals surface area contributed by atoms with Crippen LogP contribution in [0.1, 0.15) is 17.3 Å². The van der Waals surface area contributed by atoms with Crippen LogP contribution in [0.4, 0.5) is 0 Å². The molecule has 0 radical (unpaired) electrons. The van der Waals surface area contributed by atoms with E-state index in [9.17, 15) is 4.79 Å². The van der Waals surface area contributed by atoms with Gasteiger partial charge in [0.2, 0.25) is 0 Å². The average Bonchev–Trinajstić information content (AvgIpc) is 2.39. The molecule has 1 aromatic carbocycles. The number of rotatable bonds is 4. The molecular formula is C13H11ClN2O2. The smallest absolute Gasteiger partial charge is 0.155 e. The van der Waals surface area contributed by atoms with Gasteiger partial charge in [0.1, 0.15) is 17.2 Å². The minimum absolute atomic E-state index is 0.140. The van der Waals surface area contributed by atoms with Gasteiger partial charge in [-0.1, -0.05) is 23.7 Å². The van der Waals surface area contributed by atoms with E-state index in [1.54, 1.807) is 0 Å². The largest absolute Gasteiger partial charge is 0.493 e. The molecule has 0 aliphatic carbocycles. The van der Waals surface area contributed by atoms with Crippen molar-refractivity contribution in [3.63, 3.8) is 0 Å². The molecule has 0 bridgehead atoms. The lowest BCUT2D eigenvalue weighted by Crippen LogP contribution is -1.99. The van der Waals surface area contributed by atoms with Gasteiger partial charge < -0.3 is 4.74 Å². The number of carbonyl (C=O) groups excluding carboxylic acids is 1. The highest BCUT2D eigenvalue weighted by molar-refractivity contribution is 6.32. The number of benzene rings is 1. The fourth-order valence-electron chi connectivity index (χ4n) is 1.64. The molecule has 0 N–H and O–H groups in total. The van der Waals surface area contributed by atoms with E-state index in [0.29, 0.717) is 24.3 Å². The molecule has 92 valence electrons. The first kappa shape index (κ1) is 12.5. The summed E-state index contributed by atoms with van der Waals surface area (Å²) in [5, 5.41) is 0.140. The number of aromatic nitrogens is 2. The third-order valence-electron chi connectivity index (χ3n) is 2.40. The molecular weight excluding hydrogens is 252 g/mol. The van der Waals surface area contributed by atoms with Crippen molar-refractivity contribution >= 4 is 17.9 Å². The first-order valence-corrected chi connectivity index (χ1v) is 5.83. The summed E-state index contributed by atoms with van der Waals surface area (Å²) in [5.74, 6) is 0.665. The zero-order valence-corrected chi connectivity index (χ0v) is 10.5. The molecule has 5 heteroatoms. The van der Waals surface area contributed by atoms with Gasteiger partial charge in [-0.15, -0.1) is 0 Å². The van der Waals surface area contributed by atoms with Crippen LogP contribution in [-0.2, 0) is 0 Å². The highest BCUT2D eigenvalue weighted by atomic mass is 35.5. The fraction of sp³-hybridized carbons (Fsp3) is 0.154. The van der Waals surface area contributed by atoms with Gasteiger partial charge in [0, 0.05) is 5.56 Å². The minimum atomic E-state index is 0.140. The van der Waals surface area contributed by atoms with Crippen molar-refractivity contribution in [2.45, 2.75) is 6.92 Å². The second-order valence-corrected chi connectivity index (χ2v) is 3.83. The minimum Gasteiger partial charge on any atom is -0.493 e. The number of hydrogen-bond acceptors (Lipinski definition) is 4. The van der Waals surface area contributed by atoms with Crippen LogP contribution in [0.25, 0.3) is 11.3 Å². The molecule has 18 heavy (non-hydrogen) atoms. The summed E-state index contributed by atoms with van der Waals surface area (Å²) in [5.41, 5.74) is 1.48. The zero-order chi connectivity index (χ0) is 13.0. The van der Waals surface area contributed by atoms with E-state index in [4.69, 9.17) is 16.3 Å². The Morgan fingerprint density at radius 3 is 2.83 bits per heavy atom. The highest BCUT2D eigenvalue weighted by Gasteiger charge is 2.14. The summed E-state index contributed by atoms with van der Waals surface area (Å²) in [7, 11) is 0. The van der Waals surface area contributed by atoms with Gasteiger partial charge in [-0.25, -0.2) is 9.97 Å². The third-order valence-corrected chi connectivity index (χ3v) is 2.70. The Labute approximate surface area is 110 Å². The monoisotopic (exact) mass is 262 g/mol. The highest BCUT2D eigenvalue weighted by Crippen LogP contribution is 2.31. The van der Waals surface area contributed by atoms with Crippen LogP contribution in [-0.4, -0.2) is 22.9 Å². The van der Waals surface area contributed by atoms with E-state index in [1.165, 1.54) is 6.33 Å². The van der Waals surface area contributed by atoms with Gasteiger partial charge in [0.25, 0.3) is 0 Å². The van der Waals surface area contributed by atoms with Gasteiger partial charge in [-0.3, -0.25) is 4.79 Å². The second-order valence-electron chi connectivity index (χ2n) is 3.47. The summed E-state index contributed by atoms with van der Waals surface area (Å²) in [6.07, 6.45) is 1.98. The lowest BCUT2D eigenvalue weighted by atomic mass is 10.1. The van der Waals surface area contributed by atoms with Crippen LogP contribution in [0.15, 0.2) is 30.6 Å². The maximum absolute atomic E-state index is 11.1. The molecule has 0 amide bonds. The number of para-hydroxylation sites is 1. The molecule has 0 atom stereocenters. The van der Waals surface area contributed by atoms with Crippen LogP contribution in [0.3, 0.4) is 0 Å². The third kappa shape index (κ3) is 2.33. The van der Waals surface area contributed by atoms with Crippen molar-refractivity contribution in [1.82, 2.24) is 9.97 Å². The predicted octanol–water partition coefficient (Wildman–Crippen LogP) is 3.01. The summed E-state index contributed by atoms with van der Waals surface area (Å²) in [4.78, 5) is 19.0. The van der Waals surface area contributed by atoms with E-state index in [-0.39, 0.29) is 10.7 Å². The number of nitrogens with zero attached hydrogens (tertiary/aromatic N) is 2. The van der Waals surface area contributed by atoms with Gasteiger partial charge in [-0.05, 0) is 19.1 Å². The Morgan fingerprint density at radius 2 is 2.11 bits per heavy atom. The Kier molecular flexibility index (Phi) is 3.89. The maximum atomic E-state index is 11.1. The topological polar surface area (TPSA) is 52.1 Å². The maximum Gasteiger partial charge on any atom is 0.155 e. The van der Waals surface area contributed by atoms with E-state index < -0.39 is 0 Å². The molecule has 0 spiro atoms. The van der Waals surface area contributed by atoms with E-state index >= 15 is 0 Å². The summed E-state index contributed by atoms with van der Waals surface area (Å²) in [6.45, 7) is 2.43. The zero-order valence-electron chi connectivity index (χ0n) is 9.76. The molecule has 0 unspecified atom stereocenters. The van der Waals surface area contributed by atoms with Gasteiger partial charge in [0.15, 0.2) is 6.29 Å². The van der Waals surface area contributed by atoms with Crippen LogP contribution in [0, 0.1) is 0 Å². The van der Waals surface area contributed by atoms with Crippen molar-refractivity contribution < 1.29 is 9.53 Å². The number of ether oxygens (including phenoxy) is 1. The molecule has 1 heterocycles. The molecule has 0 aliphatic heterocycles. The molecule has 1 aromatic heterocycles. The molecule has 0 fully saturated rings. The Balaban J connectivity index is 2.61. The summed E-state index contributed by atoms with van der Waals surface area (Å²) >= 11 is 5.89. The van der Waals surface area contributed by atoms with Crippen LogP contribution in [0.5, 0.6) is 5.75 Å². The van der Waals surface area contributed by atoms with Gasteiger partial charge >= 0.3 is 0 Å². The van der Waals surface area contributed by atoms with E-state index in [2.05, 4.69) is 9.97 Å². The Hall–Kier alpha value is -1.94. The fourth-order valence-corrected chi connectivity index (χ4v) is 1.81. The first-order chi connectivity index (χ1) is 8.77. The SMILES string of the molecule is CCOc1ccccc1-c1ncnc(Cl)c1C=O. The lowest BCUT2D eigenvalue weighted by molar-refractivity contribution is 0.112. The molecule has 2 aromatic rings. The standard InChI is InChI=1S/C13H11ClN2O2/c1-2-18-11-6-4-3-5-9(11)12-10(7-17)13(14)16-8-15-12/h3-8H,2H2,1H3. The van der Waals surface area contributed by atoms with Gasteiger partial charge in [-0.2, -0.15) is 0 Å². The van der Waals surface area contributed by atoms with Crippen molar-refractivity contribution in [2.24, 2.45) is 0 Å². The summed E-state index contributed by atoms with van der Waals surface area (Å²) < 4.78 is 5.51. The summed E-state index contributed by atoms with van der Waals surface area (Å²) in [6, 6.07) is 7.36. The number of hydrogen-bond donors (Lipinski definition) is 0. The van der Waals surface area contributed by atoms with E-state index in [0.717, 1.165) is 5.56 Å². The number of carbonyl (C=O) groups is 1. The average molecular weight is 263 g/mol. The van der Waals surface area contributed by atoms with Crippen molar-refractivity contribution in [1.29, 1.82) is 0 Å². The van der Waals surface area contributed by atoms with Crippen molar-refractivity contribution in [3.8, 4) is 17.0 Å².